The zero-order valence-electron chi connectivity index (χ0n) is 6.94. The van der Waals surface area contributed by atoms with Crippen LogP contribution in [0.3, 0.4) is 0 Å². The molecule has 0 radical (unpaired) electrons. The molecular formula is C6H10N4O2. The summed E-state index contributed by atoms with van der Waals surface area (Å²) in [6.45, 7) is 2.23. The summed E-state index contributed by atoms with van der Waals surface area (Å²) < 4.78 is 6.15. The third kappa shape index (κ3) is 2.22. The highest BCUT2D eigenvalue weighted by Crippen LogP contribution is 1.97. The van der Waals surface area contributed by atoms with E-state index in [-0.39, 0.29) is 0 Å². The van der Waals surface area contributed by atoms with Gasteiger partial charge in [-0.15, -0.1) is 0 Å². The van der Waals surface area contributed by atoms with E-state index in [4.69, 9.17) is 4.52 Å². The summed E-state index contributed by atoms with van der Waals surface area (Å²) in [6, 6.07) is -0.422. The molecule has 0 saturated heterocycles. The Balaban J connectivity index is 2.58. The second-order valence-corrected chi connectivity index (χ2v) is 2.14. The molecule has 0 aromatic carbocycles. The molecule has 6 heteroatoms. The lowest BCUT2D eigenvalue weighted by atomic mass is 10.7. The fourth-order valence-electron chi connectivity index (χ4n) is 0.669. The van der Waals surface area contributed by atoms with Gasteiger partial charge in [-0.1, -0.05) is 4.68 Å². The quantitative estimate of drug-likeness (QED) is 0.338. The summed E-state index contributed by atoms with van der Waals surface area (Å²) in [5.41, 5.74) is 0. The van der Waals surface area contributed by atoms with Crippen molar-refractivity contribution < 1.29 is 14.3 Å². The zero-order valence-corrected chi connectivity index (χ0v) is 6.94. The van der Waals surface area contributed by atoms with E-state index in [2.05, 4.69) is 15.6 Å². The van der Waals surface area contributed by atoms with E-state index in [0.29, 0.717) is 12.4 Å². The second kappa shape index (κ2) is 3.70. The summed E-state index contributed by atoms with van der Waals surface area (Å²) in [7, 11) is 1.69. The van der Waals surface area contributed by atoms with Gasteiger partial charge in [0.1, 0.15) is 0 Å². The van der Waals surface area contributed by atoms with Crippen molar-refractivity contribution >= 4 is 11.9 Å². The first kappa shape index (κ1) is 8.51. The van der Waals surface area contributed by atoms with Gasteiger partial charge in [-0.25, -0.2) is 0 Å². The predicted octanol–water partition coefficient (Wildman–Crippen LogP) is -1.35. The van der Waals surface area contributed by atoms with E-state index in [1.54, 1.807) is 20.2 Å². The van der Waals surface area contributed by atoms with Crippen LogP contribution in [0.25, 0.3) is 0 Å². The minimum absolute atomic E-state index is 0.291. The molecule has 0 spiro atoms. The molecule has 12 heavy (non-hydrogen) atoms. The Morgan fingerprint density at radius 2 is 2.67 bits per heavy atom. The topological polar surface area (TPSA) is 77.4 Å². The van der Waals surface area contributed by atoms with Crippen molar-refractivity contribution in [3.05, 3.63) is 6.20 Å². The highest BCUT2D eigenvalue weighted by molar-refractivity contribution is 5.83. The summed E-state index contributed by atoms with van der Waals surface area (Å²) >= 11 is 0. The zero-order chi connectivity index (χ0) is 8.97. The molecule has 0 aliphatic heterocycles. The van der Waals surface area contributed by atoms with E-state index in [1.165, 1.54) is 4.68 Å². The van der Waals surface area contributed by atoms with Gasteiger partial charge in [-0.2, -0.15) is 0 Å². The molecule has 6 nitrogen and oxygen atoms in total. The minimum Gasteiger partial charge on any atom is -0.846 e. The Morgan fingerprint density at radius 3 is 3.17 bits per heavy atom. The van der Waals surface area contributed by atoms with Crippen molar-refractivity contribution in [2.75, 3.05) is 11.9 Å². The SMILES string of the molecule is CCN=C([O-])Nc1c[n+](C)no1. The molecule has 0 saturated carbocycles. The molecule has 0 aliphatic rings. The van der Waals surface area contributed by atoms with Crippen LogP contribution in [0, 0.1) is 0 Å². The number of aryl methyl sites for hydroxylation is 1. The second-order valence-electron chi connectivity index (χ2n) is 2.14. The molecule has 1 aromatic heterocycles. The van der Waals surface area contributed by atoms with Crippen LogP contribution >= 0.6 is 0 Å². The first-order chi connectivity index (χ1) is 5.72. The van der Waals surface area contributed by atoms with Gasteiger partial charge >= 0.3 is 0 Å². The summed E-state index contributed by atoms with van der Waals surface area (Å²) in [5.74, 6) is 0.291. The molecule has 1 N–H and O–H groups in total. The molecule has 1 heterocycles. The van der Waals surface area contributed by atoms with Gasteiger partial charge in [0, 0.05) is 6.54 Å². The normalized spacial score (nSPS) is 11.7. The lowest BCUT2D eigenvalue weighted by Crippen LogP contribution is -2.29. The number of anilines is 1. The van der Waals surface area contributed by atoms with Crippen LogP contribution in [0.2, 0.25) is 0 Å². The molecule has 1 rings (SSSR count). The fourth-order valence-corrected chi connectivity index (χ4v) is 0.669. The van der Waals surface area contributed by atoms with E-state index in [0.717, 1.165) is 0 Å². The number of nitrogens with one attached hydrogen (secondary N) is 1. The monoisotopic (exact) mass is 170 g/mol. The van der Waals surface area contributed by atoms with E-state index in [9.17, 15) is 5.11 Å². The molecule has 0 atom stereocenters. The largest absolute Gasteiger partial charge is 0.846 e. The van der Waals surface area contributed by atoms with Gasteiger partial charge in [0.05, 0.1) is 6.02 Å². The average molecular weight is 170 g/mol. The van der Waals surface area contributed by atoms with E-state index < -0.39 is 6.02 Å². The Morgan fingerprint density at radius 1 is 1.92 bits per heavy atom. The van der Waals surface area contributed by atoms with Crippen molar-refractivity contribution in [1.29, 1.82) is 0 Å². The van der Waals surface area contributed by atoms with Crippen LogP contribution in [0.1, 0.15) is 6.92 Å². The smallest absolute Gasteiger partial charge is 0.300 e. The van der Waals surface area contributed by atoms with Crippen molar-refractivity contribution in [1.82, 2.24) is 5.27 Å². The lowest BCUT2D eigenvalue weighted by molar-refractivity contribution is -0.739. The number of aromatic nitrogens is 2. The van der Waals surface area contributed by atoms with Crippen LogP contribution < -0.4 is 15.1 Å². The Bertz CT molecular complexity index is 281. The number of aliphatic imine (C=N–C) groups is 1. The maximum Gasteiger partial charge on any atom is 0.300 e. The molecular weight excluding hydrogens is 160 g/mol. The summed E-state index contributed by atoms with van der Waals surface area (Å²) in [4.78, 5) is 3.58. The van der Waals surface area contributed by atoms with Crippen LogP contribution in [-0.4, -0.2) is 17.8 Å². The standard InChI is InChI=1S/C6H10N4O2/c1-3-7-6(11)8-5-4-10(2)9-12-5/h4H,3H2,1-2H3,(H-,7,8,9,11). The van der Waals surface area contributed by atoms with Crippen LogP contribution in [-0.2, 0) is 7.05 Å². The molecule has 1 aromatic rings. The molecule has 0 unspecified atom stereocenters. The summed E-state index contributed by atoms with van der Waals surface area (Å²) in [6.07, 6.45) is 1.54. The van der Waals surface area contributed by atoms with Crippen molar-refractivity contribution in [3.63, 3.8) is 0 Å². The third-order valence-corrected chi connectivity index (χ3v) is 1.10. The first-order valence-corrected chi connectivity index (χ1v) is 3.53. The van der Waals surface area contributed by atoms with Gasteiger partial charge in [-0.05, 0) is 6.92 Å². The van der Waals surface area contributed by atoms with Gasteiger partial charge in [-0.3, -0.25) is 9.52 Å². The lowest BCUT2D eigenvalue weighted by Gasteiger charge is -2.07. The molecule has 0 aliphatic carbocycles. The molecule has 66 valence electrons. The first-order valence-electron chi connectivity index (χ1n) is 3.53. The van der Waals surface area contributed by atoms with Gasteiger partial charge in [0.2, 0.25) is 0 Å². The number of hydrogen-bond acceptors (Lipinski definition) is 4. The number of nitrogens with zero attached hydrogens (tertiary/aromatic N) is 3. The van der Waals surface area contributed by atoms with Crippen molar-refractivity contribution in [3.8, 4) is 0 Å². The Labute approximate surface area is 69.5 Å². The van der Waals surface area contributed by atoms with E-state index in [1.807, 2.05) is 0 Å². The van der Waals surface area contributed by atoms with E-state index >= 15 is 0 Å². The van der Waals surface area contributed by atoms with Crippen molar-refractivity contribution in [2.45, 2.75) is 6.92 Å². The van der Waals surface area contributed by atoms with Gasteiger partial charge in [0.25, 0.3) is 12.1 Å². The summed E-state index contributed by atoms with van der Waals surface area (Å²) in [5, 5.41) is 16.8. The van der Waals surface area contributed by atoms with Gasteiger partial charge < -0.3 is 10.4 Å². The maximum absolute atomic E-state index is 10.8. The third-order valence-electron chi connectivity index (χ3n) is 1.10. The number of rotatable bonds is 2. The highest BCUT2D eigenvalue weighted by atomic mass is 16.5. The highest BCUT2D eigenvalue weighted by Gasteiger charge is 2.04. The average Bonchev–Trinajstić information content (AvgIpc) is 2.36. The minimum atomic E-state index is -0.422. The number of hydrogen-bond donors (Lipinski definition) is 1. The maximum atomic E-state index is 10.8. The predicted molar refractivity (Wildman–Crippen MR) is 39.3 cm³/mol. The molecule has 0 bridgehead atoms. The van der Waals surface area contributed by atoms with Crippen molar-refractivity contribution in [2.24, 2.45) is 12.0 Å². The van der Waals surface area contributed by atoms with Crippen LogP contribution in [0.15, 0.2) is 15.7 Å². The van der Waals surface area contributed by atoms with Gasteiger partial charge in [0.15, 0.2) is 12.3 Å². The van der Waals surface area contributed by atoms with Crippen LogP contribution in [0.4, 0.5) is 5.88 Å². The molecule has 0 fully saturated rings. The Hall–Kier alpha value is -1.59. The molecule has 0 amide bonds. The fraction of sp³-hybridized carbons (Fsp3) is 0.500. The van der Waals surface area contributed by atoms with Crippen LogP contribution in [0.5, 0.6) is 0 Å². The Kier molecular flexibility index (Phi) is 2.62. The number of amidine groups is 1.